The van der Waals surface area contributed by atoms with Crippen molar-refractivity contribution in [3.63, 3.8) is 0 Å². The van der Waals surface area contributed by atoms with E-state index in [1.165, 1.54) is 0 Å². The summed E-state index contributed by atoms with van der Waals surface area (Å²) in [4.78, 5) is 16.3. The van der Waals surface area contributed by atoms with Crippen LogP contribution in [0.2, 0.25) is 5.28 Å². The molecular weight excluding hydrogens is 327 g/mol. The van der Waals surface area contributed by atoms with Gasteiger partial charge in [0.25, 0.3) is 15.7 Å². The molecule has 21 heavy (non-hydrogen) atoms. The van der Waals surface area contributed by atoms with Crippen molar-refractivity contribution in [3.05, 3.63) is 51.8 Å². The van der Waals surface area contributed by atoms with Gasteiger partial charge in [-0.3, -0.25) is 14.8 Å². The first-order chi connectivity index (χ1) is 9.79. The fraction of sp³-hybridized carbons (Fsp3) is 0. The van der Waals surface area contributed by atoms with Crippen LogP contribution in [-0.4, -0.2) is 23.3 Å². The number of halogens is 2. The van der Waals surface area contributed by atoms with Crippen LogP contribution in [0.4, 0.5) is 15.8 Å². The number of non-ortho nitro benzene ring substituents is 1. The van der Waals surface area contributed by atoms with Crippen LogP contribution in [0.15, 0.2) is 35.5 Å². The third kappa shape index (κ3) is 3.41. The minimum absolute atomic E-state index is 0.143. The maximum Gasteiger partial charge on any atom is 0.272 e. The van der Waals surface area contributed by atoms with E-state index in [2.05, 4.69) is 9.97 Å². The first-order valence-corrected chi connectivity index (χ1v) is 7.10. The van der Waals surface area contributed by atoms with Gasteiger partial charge in [-0.2, -0.15) is 0 Å². The molecule has 1 aromatic heterocycles. The Hall–Kier alpha value is -2.33. The molecule has 0 saturated heterocycles. The second kappa shape index (κ2) is 5.58. The topological polar surface area (TPSA) is 115 Å². The molecule has 0 saturated carbocycles. The summed E-state index contributed by atoms with van der Waals surface area (Å²) in [6, 6.07) is 2.53. The van der Waals surface area contributed by atoms with E-state index in [0.29, 0.717) is 6.07 Å². The van der Waals surface area contributed by atoms with Gasteiger partial charge in [0.15, 0.2) is 5.82 Å². The van der Waals surface area contributed by atoms with Crippen molar-refractivity contribution in [2.24, 2.45) is 0 Å². The highest BCUT2D eigenvalue weighted by Gasteiger charge is 2.19. The lowest BCUT2D eigenvalue weighted by Crippen LogP contribution is -2.14. The number of benzene rings is 1. The lowest BCUT2D eigenvalue weighted by molar-refractivity contribution is -0.385. The fourth-order valence-electron chi connectivity index (χ4n) is 1.34. The maximum absolute atomic E-state index is 13.6. The van der Waals surface area contributed by atoms with Gasteiger partial charge in [-0.25, -0.2) is 22.8 Å². The van der Waals surface area contributed by atoms with E-state index >= 15 is 0 Å². The summed E-state index contributed by atoms with van der Waals surface area (Å²) in [6.45, 7) is 0. The third-order valence-electron chi connectivity index (χ3n) is 2.31. The Morgan fingerprint density at radius 1 is 1.29 bits per heavy atom. The monoisotopic (exact) mass is 332 g/mol. The van der Waals surface area contributed by atoms with Gasteiger partial charge in [-0.15, -0.1) is 0 Å². The molecule has 0 fully saturated rings. The van der Waals surface area contributed by atoms with Crippen molar-refractivity contribution in [1.82, 2.24) is 9.97 Å². The minimum atomic E-state index is -4.13. The van der Waals surface area contributed by atoms with Crippen molar-refractivity contribution >= 4 is 33.0 Å². The molecule has 11 heteroatoms. The zero-order chi connectivity index (χ0) is 15.6. The lowest BCUT2D eigenvalue weighted by Gasteiger charge is -2.08. The second-order valence-electron chi connectivity index (χ2n) is 3.71. The van der Waals surface area contributed by atoms with Crippen LogP contribution in [0.25, 0.3) is 0 Å². The van der Waals surface area contributed by atoms with E-state index in [0.717, 1.165) is 24.5 Å². The van der Waals surface area contributed by atoms with Gasteiger partial charge < -0.3 is 0 Å². The quantitative estimate of drug-likeness (QED) is 0.520. The molecular formula is C10H6ClFN4O4S. The van der Waals surface area contributed by atoms with E-state index in [1.807, 2.05) is 4.72 Å². The Balaban J connectivity index is 2.32. The molecule has 0 aliphatic heterocycles. The van der Waals surface area contributed by atoms with E-state index in [-0.39, 0.29) is 10.2 Å². The van der Waals surface area contributed by atoms with Crippen molar-refractivity contribution < 1.29 is 17.7 Å². The molecule has 1 aromatic carbocycles. The highest BCUT2D eigenvalue weighted by atomic mass is 35.5. The molecule has 1 heterocycles. The van der Waals surface area contributed by atoms with E-state index < -0.39 is 32.1 Å². The number of hydrogen-bond acceptors (Lipinski definition) is 6. The molecule has 0 unspecified atom stereocenters. The number of nitro groups is 1. The van der Waals surface area contributed by atoms with Crippen LogP contribution in [0, 0.1) is 15.9 Å². The average molecular weight is 333 g/mol. The normalized spacial score (nSPS) is 11.1. The second-order valence-corrected chi connectivity index (χ2v) is 5.74. The Labute approximate surface area is 122 Å². The lowest BCUT2D eigenvalue weighted by atomic mass is 10.3. The van der Waals surface area contributed by atoms with Gasteiger partial charge in [-0.1, -0.05) is 0 Å². The molecule has 2 aromatic rings. The van der Waals surface area contributed by atoms with Crippen LogP contribution >= 0.6 is 11.6 Å². The van der Waals surface area contributed by atoms with E-state index in [4.69, 9.17) is 11.6 Å². The van der Waals surface area contributed by atoms with Gasteiger partial charge in [0.2, 0.25) is 5.28 Å². The maximum atomic E-state index is 13.6. The summed E-state index contributed by atoms with van der Waals surface area (Å²) < 4.78 is 39.5. The number of rotatable bonds is 4. The van der Waals surface area contributed by atoms with Crippen molar-refractivity contribution in [2.45, 2.75) is 4.90 Å². The van der Waals surface area contributed by atoms with Gasteiger partial charge >= 0.3 is 0 Å². The Morgan fingerprint density at radius 3 is 2.43 bits per heavy atom. The van der Waals surface area contributed by atoms with Gasteiger partial charge in [-0.05, 0) is 17.7 Å². The molecule has 110 valence electrons. The number of hydrogen-bond donors (Lipinski definition) is 1. The van der Waals surface area contributed by atoms with E-state index in [1.54, 1.807) is 0 Å². The Bertz CT molecular complexity index is 797. The van der Waals surface area contributed by atoms with Gasteiger partial charge in [0, 0.05) is 6.07 Å². The summed E-state index contributed by atoms with van der Waals surface area (Å²) >= 11 is 5.43. The van der Waals surface area contributed by atoms with Crippen LogP contribution in [0.3, 0.4) is 0 Å². The van der Waals surface area contributed by atoms with Gasteiger partial charge in [0.1, 0.15) is 4.90 Å². The number of aromatic nitrogens is 2. The fourth-order valence-corrected chi connectivity index (χ4v) is 2.40. The number of sulfonamides is 1. The SMILES string of the molecule is O=[N+]([O-])c1ccc(NS(=O)(=O)c2cnc(Cl)nc2)c(F)c1. The van der Waals surface area contributed by atoms with Gasteiger partial charge in [0.05, 0.1) is 29.1 Å². The standard InChI is InChI=1S/C10H6ClFN4O4S/c11-10-13-4-7(5-14-10)21(19,20)15-9-2-1-6(16(17)18)3-8(9)12/h1-5,15H. The first-order valence-electron chi connectivity index (χ1n) is 5.24. The summed E-state index contributed by atoms with van der Waals surface area (Å²) in [5, 5.41) is 10.3. The van der Waals surface area contributed by atoms with Crippen molar-refractivity contribution in [1.29, 1.82) is 0 Å². The molecule has 0 aliphatic carbocycles. The zero-order valence-electron chi connectivity index (χ0n) is 10.0. The Kier molecular flexibility index (Phi) is 4.00. The molecule has 0 aliphatic rings. The molecule has 2 rings (SSSR count). The first kappa shape index (κ1) is 15.1. The van der Waals surface area contributed by atoms with Crippen molar-refractivity contribution in [3.8, 4) is 0 Å². The van der Waals surface area contributed by atoms with Crippen LogP contribution < -0.4 is 4.72 Å². The Morgan fingerprint density at radius 2 is 1.90 bits per heavy atom. The summed E-state index contributed by atoms with van der Waals surface area (Å²) in [5.74, 6) is -1.08. The number of anilines is 1. The smallest absolute Gasteiger partial charge is 0.272 e. The number of nitro benzene ring substituents is 1. The molecule has 8 nitrogen and oxygen atoms in total. The van der Waals surface area contributed by atoms with Crippen molar-refractivity contribution in [2.75, 3.05) is 4.72 Å². The molecule has 0 amide bonds. The van der Waals surface area contributed by atoms with Crippen LogP contribution in [0.5, 0.6) is 0 Å². The predicted octanol–water partition coefficient (Wildman–Crippen LogP) is 1.98. The highest BCUT2D eigenvalue weighted by molar-refractivity contribution is 7.92. The largest absolute Gasteiger partial charge is 0.277 e. The molecule has 0 bridgehead atoms. The molecule has 0 atom stereocenters. The highest BCUT2D eigenvalue weighted by Crippen LogP contribution is 2.23. The van der Waals surface area contributed by atoms with Crippen LogP contribution in [0.1, 0.15) is 0 Å². The molecule has 0 spiro atoms. The summed E-state index contributed by atoms with van der Waals surface area (Å²) in [6.07, 6.45) is 1.89. The summed E-state index contributed by atoms with van der Waals surface area (Å²) in [5.41, 5.74) is -0.930. The minimum Gasteiger partial charge on any atom is -0.277 e. The average Bonchev–Trinajstić information content (AvgIpc) is 2.41. The molecule has 1 N–H and O–H groups in total. The molecule has 0 radical (unpaired) electrons. The van der Waals surface area contributed by atoms with Crippen LogP contribution in [-0.2, 0) is 10.0 Å². The zero-order valence-corrected chi connectivity index (χ0v) is 11.6. The van der Waals surface area contributed by atoms with E-state index in [9.17, 15) is 22.9 Å². The number of nitrogens with one attached hydrogen (secondary N) is 1. The summed E-state index contributed by atoms with van der Waals surface area (Å²) in [7, 11) is -4.13. The number of nitrogens with zero attached hydrogens (tertiary/aromatic N) is 3. The third-order valence-corrected chi connectivity index (χ3v) is 3.83. The predicted molar refractivity (Wildman–Crippen MR) is 70.9 cm³/mol.